The fourth-order valence-corrected chi connectivity index (χ4v) is 3.24. The molecule has 0 bridgehead atoms. The van der Waals surface area contributed by atoms with Crippen LogP contribution in [0.25, 0.3) is 0 Å². The van der Waals surface area contributed by atoms with Gasteiger partial charge in [-0.2, -0.15) is 0 Å². The molecular formula is C13H18BrClN2. The van der Waals surface area contributed by atoms with Crippen molar-refractivity contribution in [1.82, 2.24) is 4.98 Å². The number of aromatic nitrogens is 1. The molecule has 2 rings (SSSR count). The summed E-state index contributed by atoms with van der Waals surface area (Å²) in [6, 6.07) is 2.70. The van der Waals surface area contributed by atoms with Crippen molar-refractivity contribution >= 4 is 33.3 Å². The average Bonchev–Trinajstić information content (AvgIpc) is 2.31. The predicted molar refractivity (Wildman–Crippen MR) is 77.0 cm³/mol. The van der Waals surface area contributed by atoms with E-state index in [4.69, 9.17) is 11.6 Å². The third-order valence-electron chi connectivity index (χ3n) is 3.36. The number of rotatable bonds is 3. The van der Waals surface area contributed by atoms with Crippen molar-refractivity contribution < 1.29 is 0 Å². The Morgan fingerprint density at radius 1 is 1.53 bits per heavy atom. The number of pyridine rings is 1. The van der Waals surface area contributed by atoms with Gasteiger partial charge in [0.25, 0.3) is 0 Å². The number of nitrogens with zero attached hydrogens (tertiary/aromatic N) is 2. The van der Waals surface area contributed by atoms with Crippen molar-refractivity contribution in [3.8, 4) is 0 Å². The minimum absolute atomic E-state index is 0.564. The van der Waals surface area contributed by atoms with Crippen molar-refractivity contribution in [2.75, 3.05) is 17.3 Å². The molecule has 2 heterocycles. The maximum atomic E-state index is 5.90. The molecule has 1 saturated heterocycles. The molecule has 0 radical (unpaired) electrons. The highest BCUT2D eigenvalue weighted by molar-refractivity contribution is 9.10. The zero-order valence-electron chi connectivity index (χ0n) is 10.1. The molecule has 1 unspecified atom stereocenters. The van der Waals surface area contributed by atoms with Crippen LogP contribution in [0.5, 0.6) is 0 Å². The Labute approximate surface area is 116 Å². The minimum atomic E-state index is 0.564. The summed E-state index contributed by atoms with van der Waals surface area (Å²) >= 11 is 9.36. The van der Waals surface area contributed by atoms with E-state index in [1.807, 2.05) is 6.20 Å². The van der Waals surface area contributed by atoms with Crippen molar-refractivity contribution in [2.24, 2.45) is 0 Å². The normalized spacial score (nSPS) is 20.6. The van der Waals surface area contributed by atoms with Crippen LogP contribution < -0.4 is 4.90 Å². The summed E-state index contributed by atoms with van der Waals surface area (Å²) in [5.74, 6) is 1.86. The van der Waals surface area contributed by atoms with E-state index in [2.05, 4.69) is 38.8 Å². The largest absolute Gasteiger partial charge is 0.353 e. The molecule has 0 amide bonds. The van der Waals surface area contributed by atoms with Gasteiger partial charge in [-0.15, -0.1) is 11.6 Å². The van der Waals surface area contributed by atoms with Crippen LogP contribution in [-0.4, -0.2) is 23.5 Å². The van der Waals surface area contributed by atoms with Crippen LogP contribution in [0.4, 0.5) is 5.82 Å². The zero-order valence-corrected chi connectivity index (χ0v) is 12.5. The van der Waals surface area contributed by atoms with E-state index in [0.29, 0.717) is 6.04 Å². The molecule has 1 fully saturated rings. The van der Waals surface area contributed by atoms with Crippen molar-refractivity contribution in [2.45, 2.75) is 38.6 Å². The Kier molecular flexibility index (Phi) is 4.69. The van der Waals surface area contributed by atoms with Gasteiger partial charge in [-0.05, 0) is 60.2 Å². The number of anilines is 1. The monoisotopic (exact) mass is 316 g/mol. The maximum Gasteiger partial charge on any atom is 0.131 e. The minimum Gasteiger partial charge on any atom is -0.353 e. The van der Waals surface area contributed by atoms with Gasteiger partial charge in [0.05, 0.1) is 0 Å². The quantitative estimate of drug-likeness (QED) is 0.779. The first-order valence-corrected chi connectivity index (χ1v) is 7.50. The Bertz CT molecular complexity index is 382. The second-order valence-electron chi connectivity index (χ2n) is 4.61. The first kappa shape index (κ1) is 13.2. The summed E-state index contributed by atoms with van der Waals surface area (Å²) in [5, 5.41) is 0. The lowest BCUT2D eigenvalue weighted by atomic mass is 9.99. The summed E-state index contributed by atoms with van der Waals surface area (Å²) < 4.78 is 1.05. The summed E-state index contributed by atoms with van der Waals surface area (Å²) in [6.45, 7) is 3.23. The van der Waals surface area contributed by atoms with Gasteiger partial charge in [-0.3, -0.25) is 0 Å². The molecule has 0 N–H and O–H groups in total. The van der Waals surface area contributed by atoms with Crippen molar-refractivity contribution in [3.63, 3.8) is 0 Å². The van der Waals surface area contributed by atoms with Gasteiger partial charge >= 0.3 is 0 Å². The lowest BCUT2D eigenvalue weighted by Crippen LogP contribution is -2.40. The van der Waals surface area contributed by atoms with Gasteiger partial charge in [0.2, 0.25) is 0 Å². The predicted octanol–water partition coefficient (Wildman–Crippen LogP) is 4.14. The molecule has 1 aliphatic heterocycles. The second-order valence-corrected chi connectivity index (χ2v) is 5.91. The van der Waals surface area contributed by atoms with Crippen LogP contribution in [0.15, 0.2) is 16.7 Å². The zero-order chi connectivity index (χ0) is 12.3. The smallest absolute Gasteiger partial charge is 0.131 e. The van der Waals surface area contributed by atoms with Crippen LogP contribution in [0, 0.1) is 6.92 Å². The van der Waals surface area contributed by atoms with Gasteiger partial charge in [0.15, 0.2) is 0 Å². The van der Waals surface area contributed by atoms with Gasteiger partial charge < -0.3 is 4.90 Å². The molecule has 1 aliphatic rings. The maximum absolute atomic E-state index is 5.90. The van der Waals surface area contributed by atoms with E-state index < -0.39 is 0 Å². The van der Waals surface area contributed by atoms with Crippen molar-refractivity contribution in [3.05, 3.63) is 22.3 Å². The molecule has 4 heteroatoms. The highest BCUT2D eigenvalue weighted by Crippen LogP contribution is 2.28. The number of aryl methyl sites for hydroxylation is 1. The van der Waals surface area contributed by atoms with Crippen LogP contribution in [0.1, 0.15) is 31.2 Å². The standard InChI is InChI=1S/C13H18BrClN2/c1-10-8-11(14)9-16-13(10)17-7-3-2-4-12(17)5-6-15/h8-9,12H,2-7H2,1H3. The highest BCUT2D eigenvalue weighted by atomic mass is 79.9. The molecular weight excluding hydrogens is 300 g/mol. The fourth-order valence-electron chi connectivity index (χ4n) is 2.54. The lowest BCUT2D eigenvalue weighted by Gasteiger charge is -2.37. The Hall–Kier alpha value is -0.280. The summed E-state index contributed by atoms with van der Waals surface area (Å²) in [4.78, 5) is 7.01. The first-order valence-electron chi connectivity index (χ1n) is 6.17. The fraction of sp³-hybridized carbons (Fsp3) is 0.615. The molecule has 94 valence electrons. The molecule has 2 nitrogen and oxygen atoms in total. The summed E-state index contributed by atoms with van der Waals surface area (Å²) in [7, 11) is 0. The van der Waals surface area contributed by atoms with Gasteiger partial charge in [-0.25, -0.2) is 4.98 Å². The summed E-state index contributed by atoms with van der Waals surface area (Å²) in [6.07, 6.45) is 6.75. The molecule has 0 saturated carbocycles. The molecule has 0 spiro atoms. The van der Waals surface area contributed by atoms with Gasteiger partial charge in [0, 0.05) is 29.1 Å². The molecule has 1 aromatic heterocycles. The molecule has 1 aromatic rings. The average molecular weight is 318 g/mol. The molecule has 17 heavy (non-hydrogen) atoms. The third kappa shape index (κ3) is 3.14. The van der Waals surface area contributed by atoms with E-state index >= 15 is 0 Å². The van der Waals surface area contributed by atoms with Crippen LogP contribution in [-0.2, 0) is 0 Å². The van der Waals surface area contributed by atoms with E-state index in [1.54, 1.807) is 0 Å². The Morgan fingerprint density at radius 3 is 3.06 bits per heavy atom. The van der Waals surface area contributed by atoms with E-state index in [-0.39, 0.29) is 0 Å². The van der Waals surface area contributed by atoms with Gasteiger partial charge in [-0.1, -0.05) is 0 Å². The first-order chi connectivity index (χ1) is 8.22. The van der Waals surface area contributed by atoms with E-state index in [9.17, 15) is 0 Å². The Morgan fingerprint density at radius 2 is 2.35 bits per heavy atom. The highest BCUT2D eigenvalue weighted by Gasteiger charge is 2.24. The number of piperidine rings is 1. The van der Waals surface area contributed by atoms with Crippen LogP contribution in [0.3, 0.4) is 0 Å². The number of hydrogen-bond acceptors (Lipinski definition) is 2. The van der Waals surface area contributed by atoms with Crippen LogP contribution >= 0.6 is 27.5 Å². The SMILES string of the molecule is Cc1cc(Br)cnc1N1CCCCC1CCCl. The second kappa shape index (κ2) is 6.05. The topological polar surface area (TPSA) is 16.1 Å². The molecule has 0 aliphatic carbocycles. The molecule has 0 aromatic carbocycles. The number of hydrogen-bond donors (Lipinski definition) is 0. The Balaban J connectivity index is 2.23. The van der Waals surface area contributed by atoms with Crippen LogP contribution in [0.2, 0.25) is 0 Å². The van der Waals surface area contributed by atoms with E-state index in [0.717, 1.165) is 29.1 Å². The van der Waals surface area contributed by atoms with Gasteiger partial charge in [0.1, 0.15) is 5.82 Å². The lowest BCUT2D eigenvalue weighted by molar-refractivity contribution is 0.447. The summed E-state index contributed by atoms with van der Waals surface area (Å²) in [5.41, 5.74) is 1.24. The molecule has 1 atom stereocenters. The van der Waals surface area contributed by atoms with Crippen molar-refractivity contribution in [1.29, 1.82) is 0 Å². The number of alkyl halides is 1. The number of halogens is 2. The van der Waals surface area contributed by atoms with E-state index in [1.165, 1.54) is 24.8 Å². The third-order valence-corrected chi connectivity index (χ3v) is 4.01.